The quantitative estimate of drug-likeness (QED) is 0.723. The second kappa shape index (κ2) is 8.14. The zero-order valence-corrected chi connectivity index (χ0v) is 16.0. The van der Waals surface area contributed by atoms with E-state index in [2.05, 4.69) is 11.9 Å². The number of halogens is 1. The Balaban J connectivity index is 1.84. The van der Waals surface area contributed by atoms with Crippen molar-refractivity contribution in [3.8, 4) is 5.75 Å². The lowest BCUT2D eigenvalue weighted by Gasteiger charge is -2.33. The van der Waals surface area contributed by atoms with Gasteiger partial charge in [-0.05, 0) is 37.3 Å². The lowest BCUT2D eigenvalue weighted by molar-refractivity contribution is -0.122. The van der Waals surface area contributed by atoms with Crippen LogP contribution < -0.4 is 10.1 Å². The standard InChI is InChI=1S/C21H24FNO5/c1-4-5-15-11-21(20(10-18(15)25)27-12-28-21)7-6-14-8-17(23-13(2)24)19(26-3)9-16(14)22/h4,8-10,15H,1,5-7,11-12H2,2-3H3,(H,23,24)/t15-,21-/m0/s1. The van der Waals surface area contributed by atoms with Gasteiger partial charge in [0.1, 0.15) is 22.9 Å². The van der Waals surface area contributed by atoms with Crippen LogP contribution in [-0.2, 0) is 25.5 Å². The largest absolute Gasteiger partial charge is 0.494 e. The smallest absolute Gasteiger partial charge is 0.221 e. The number of rotatable bonds is 7. The molecule has 1 aromatic rings. The lowest BCUT2D eigenvalue weighted by atomic mass is 9.76. The Kier molecular flexibility index (Phi) is 5.84. The van der Waals surface area contributed by atoms with Gasteiger partial charge in [0.05, 0.1) is 12.8 Å². The van der Waals surface area contributed by atoms with Crippen LogP contribution in [0.2, 0.25) is 0 Å². The Morgan fingerprint density at radius 3 is 2.96 bits per heavy atom. The van der Waals surface area contributed by atoms with Gasteiger partial charge in [0, 0.05) is 25.0 Å². The van der Waals surface area contributed by atoms with E-state index in [0.717, 1.165) is 0 Å². The van der Waals surface area contributed by atoms with Crippen molar-refractivity contribution in [1.29, 1.82) is 0 Å². The summed E-state index contributed by atoms with van der Waals surface area (Å²) in [5.74, 6) is -0.163. The Labute approximate surface area is 163 Å². The van der Waals surface area contributed by atoms with E-state index in [-0.39, 0.29) is 30.2 Å². The highest BCUT2D eigenvalue weighted by Gasteiger charge is 2.47. The number of carbonyl (C=O) groups is 2. The molecule has 1 fully saturated rings. The zero-order chi connectivity index (χ0) is 20.3. The predicted octanol–water partition coefficient (Wildman–Crippen LogP) is 3.52. The van der Waals surface area contributed by atoms with Gasteiger partial charge in [0.25, 0.3) is 0 Å². The molecule has 7 heteroatoms. The van der Waals surface area contributed by atoms with Crippen LogP contribution in [0.3, 0.4) is 0 Å². The Morgan fingerprint density at radius 1 is 1.50 bits per heavy atom. The van der Waals surface area contributed by atoms with Crippen molar-refractivity contribution < 1.29 is 28.2 Å². The number of amides is 1. The SMILES string of the molecule is C=CC[C@H]1C[C@]2(CCc3cc(NC(C)=O)c(OC)cc3F)OCOC2=CC1=O. The summed E-state index contributed by atoms with van der Waals surface area (Å²) in [6.07, 6.45) is 5.03. The lowest BCUT2D eigenvalue weighted by Crippen LogP contribution is -2.39. The highest BCUT2D eigenvalue weighted by molar-refractivity contribution is 5.94. The zero-order valence-electron chi connectivity index (χ0n) is 16.0. The van der Waals surface area contributed by atoms with Crippen molar-refractivity contribution >= 4 is 17.4 Å². The van der Waals surface area contributed by atoms with E-state index in [4.69, 9.17) is 14.2 Å². The molecule has 0 spiro atoms. The monoisotopic (exact) mass is 389 g/mol. The molecule has 1 aliphatic carbocycles. The van der Waals surface area contributed by atoms with Crippen molar-refractivity contribution in [2.24, 2.45) is 5.92 Å². The van der Waals surface area contributed by atoms with Crippen molar-refractivity contribution in [2.45, 2.75) is 38.2 Å². The fourth-order valence-electron chi connectivity index (χ4n) is 3.77. The summed E-state index contributed by atoms with van der Waals surface area (Å²) < 4.78 is 31.1. The molecule has 150 valence electrons. The van der Waals surface area contributed by atoms with E-state index in [1.165, 1.54) is 26.2 Å². The maximum absolute atomic E-state index is 14.6. The number of allylic oxidation sites excluding steroid dienone is 2. The summed E-state index contributed by atoms with van der Waals surface area (Å²) in [5.41, 5.74) is 0.0832. The van der Waals surface area contributed by atoms with Gasteiger partial charge in [-0.1, -0.05) is 6.08 Å². The summed E-state index contributed by atoms with van der Waals surface area (Å²) in [6.45, 7) is 5.16. The third kappa shape index (κ3) is 3.94. The normalized spacial score (nSPS) is 23.5. The number of hydrogen-bond donors (Lipinski definition) is 1. The van der Waals surface area contributed by atoms with Gasteiger partial charge in [-0.2, -0.15) is 0 Å². The maximum atomic E-state index is 14.6. The van der Waals surface area contributed by atoms with Crippen LogP contribution in [-0.4, -0.2) is 31.2 Å². The number of ketones is 1. The van der Waals surface area contributed by atoms with Crippen LogP contribution in [0.5, 0.6) is 5.75 Å². The number of fused-ring (bicyclic) bond motifs is 1. The minimum Gasteiger partial charge on any atom is -0.494 e. The maximum Gasteiger partial charge on any atom is 0.221 e. The molecule has 0 unspecified atom stereocenters. The molecule has 1 saturated heterocycles. The van der Waals surface area contributed by atoms with E-state index in [9.17, 15) is 14.0 Å². The first-order chi connectivity index (χ1) is 13.4. The molecule has 0 aromatic heterocycles. The molecule has 0 radical (unpaired) electrons. The van der Waals surface area contributed by atoms with E-state index in [0.29, 0.717) is 42.7 Å². The van der Waals surface area contributed by atoms with Crippen molar-refractivity contribution in [1.82, 2.24) is 0 Å². The van der Waals surface area contributed by atoms with Crippen LogP contribution in [0.15, 0.2) is 36.6 Å². The van der Waals surface area contributed by atoms with Gasteiger partial charge < -0.3 is 19.5 Å². The minimum absolute atomic E-state index is 0.000373. The number of methoxy groups -OCH3 is 1. The van der Waals surface area contributed by atoms with Crippen LogP contribution in [0.4, 0.5) is 10.1 Å². The molecule has 1 aliphatic heterocycles. The van der Waals surface area contributed by atoms with Gasteiger partial charge in [-0.3, -0.25) is 9.59 Å². The fourth-order valence-corrected chi connectivity index (χ4v) is 3.77. The van der Waals surface area contributed by atoms with E-state index < -0.39 is 11.4 Å². The first kappa shape index (κ1) is 20.1. The van der Waals surface area contributed by atoms with Gasteiger partial charge in [-0.25, -0.2) is 4.39 Å². The topological polar surface area (TPSA) is 73.9 Å². The number of carbonyl (C=O) groups excluding carboxylic acids is 2. The summed E-state index contributed by atoms with van der Waals surface area (Å²) in [6, 6.07) is 2.83. The minimum atomic E-state index is -0.748. The molecule has 1 amide bonds. The fraction of sp³-hybridized carbons (Fsp3) is 0.429. The summed E-state index contributed by atoms with van der Waals surface area (Å²) in [4.78, 5) is 23.7. The van der Waals surface area contributed by atoms with Crippen molar-refractivity contribution in [3.63, 3.8) is 0 Å². The van der Waals surface area contributed by atoms with Crippen LogP contribution in [0.1, 0.15) is 31.7 Å². The molecule has 6 nitrogen and oxygen atoms in total. The van der Waals surface area contributed by atoms with E-state index >= 15 is 0 Å². The third-order valence-corrected chi connectivity index (χ3v) is 5.18. The molecular weight excluding hydrogens is 365 g/mol. The number of anilines is 1. The van der Waals surface area contributed by atoms with Gasteiger partial charge in [-0.15, -0.1) is 6.58 Å². The molecule has 28 heavy (non-hydrogen) atoms. The number of nitrogens with one attached hydrogen (secondary N) is 1. The van der Waals surface area contributed by atoms with Crippen molar-refractivity contribution in [3.05, 3.63) is 48.0 Å². The Hall–Kier alpha value is -2.67. The molecule has 2 aliphatic rings. The molecule has 1 heterocycles. The molecule has 0 saturated carbocycles. The molecular formula is C21H24FNO5. The number of ether oxygens (including phenoxy) is 3. The summed E-state index contributed by atoms with van der Waals surface area (Å²) >= 11 is 0. The number of hydrogen-bond acceptors (Lipinski definition) is 5. The van der Waals surface area contributed by atoms with Gasteiger partial charge >= 0.3 is 0 Å². The predicted molar refractivity (Wildman–Crippen MR) is 101 cm³/mol. The summed E-state index contributed by atoms with van der Waals surface area (Å²) in [7, 11) is 1.41. The average molecular weight is 389 g/mol. The molecule has 1 N–H and O–H groups in total. The van der Waals surface area contributed by atoms with Crippen LogP contribution >= 0.6 is 0 Å². The van der Waals surface area contributed by atoms with E-state index in [1.807, 2.05) is 0 Å². The summed E-state index contributed by atoms with van der Waals surface area (Å²) in [5, 5.41) is 2.65. The molecule has 2 atom stereocenters. The van der Waals surface area contributed by atoms with Crippen LogP contribution in [0, 0.1) is 11.7 Å². The first-order valence-corrected chi connectivity index (χ1v) is 9.16. The van der Waals surface area contributed by atoms with E-state index in [1.54, 1.807) is 12.1 Å². The van der Waals surface area contributed by atoms with Gasteiger partial charge in [0.15, 0.2) is 12.6 Å². The van der Waals surface area contributed by atoms with Crippen LogP contribution in [0.25, 0.3) is 0 Å². The average Bonchev–Trinajstić information content (AvgIpc) is 3.04. The van der Waals surface area contributed by atoms with Crippen molar-refractivity contribution in [2.75, 3.05) is 19.2 Å². The second-order valence-corrected chi connectivity index (χ2v) is 7.06. The first-order valence-electron chi connectivity index (χ1n) is 9.16. The highest BCUT2D eigenvalue weighted by atomic mass is 19.1. The Morgan fingerprint density at radius 2 is 2.29 bits per heavy atom. The third-order valence-electron chi connectivity index (χ3n) is 5.18. The van der Waals surface area contributed by atoms with Gasteiger partial charge in [0.2, 0.25) is 5.91 Å². The second-order valence-electron chi connectivity index (χ2n) is 7.06. The highest BCUT2D eigenvalue weighted by Crippen LogP contribution is 2.44. The molecule has 1 aromatic carbocycles. The molecule has 3 rings (SSSR count). The Bertz CT molecular complexity index is 834. The number of aryl methyl sites for hydroxylation is 1. The molecule has 0 bridgehead atoms. The number of benzene rings is 1.